The summed E-state index contributed by atoms with van der Waals surface area (Å²) in [7, 11) is 5.29. The molecule has 2 radical (unpaired) electrons. The fourth-order valence-electron chi connectivity index (χ4n) is 0.183. The average molecular weight is 112 g/mol. The summed E-state index contributed by atoms with van der Waals surface area (Å²) in [5.74, 6) is 5.29. The number of rotatable bonds is 2. The standard InChI is InChI=1S/C5H13BN2/c1-4-5(2,3)8(6)7/h4,7H2,1-3H3. The molecule has 8 heavy (non-hydrogen) atoms. The van der Waals surface area contributed by atoms with Gasteiger partial charge in [-0.2, -0.15) is 0 Å². The first-order valence-corrected chi connectivity index (χ1v) is 2.80. The van der Waals surface area contributed by atoms with Gasteiger partial charge in [-0.05, 0) is 20.3 Å². The summed E-state index contributed by atoms with van der Waals surface area (Å²) in [6.07, 6.45) is 0.958. The van der Waals surface area contributed by atoms with Crippen LogP contribution in [-0.2, 0) is 0 Å². The largest absolute Gasteiger partial charge is 0.295 e. The number of nitrogens with zero attached hydrogens (tertiary/aromatic N) is 1. The summed E-state index contributed by atoms with van der Waals surface area (Å²) < 4.78 is 0. The van der Waals surface area contributed by atoms with E-state index in [0.717, 1.165) is 6.42 Å². The van der Waals surface area contributed by atoms with Gasteiger partial charge in [0, 0.05) is 5.54 Å². The molecule has 0 unspecified atom stereocenters. The molecule has 2 nitrogen and oxygen atoms in total. The Morgan fingerprint density at radius 1 is 1.62 bits per heavy atom. The van der Waals surface area contributed by atoms with E-state index in [1.165, 1.54) is 4.92 Å². The first kappa shape index (κ1) is 7.98. The van der Waals surface area contributed by atoms with Crippen molar-refractivity contribution in [3.63, 3.8) is 0 Å². The summed E-state index contributed by atoms with van der Waals surface area (Å²) in [4.78, 5) is 1.24. The molecule has 0 aromatic rings. The van der Waals surface area contributed by atoms with Crippen LogP contribution in [0.1, 0.15) is 27.2 Å². The molecule has 2 N–H and O–H groups in total. The smallest absolute Gasteiger partial charge is 0.207 e. The number of hydrogen-bond acceptors (Lipinski definition) is 2. The van der Waals surface area contributed by atoms with Crippen LogP contribution >= 0.6 is 0 Å². The Labute approximate surface area is 52.4 Å². The minimum atomic E-state index is -0.0694. The van der Waals surface area contributed by atoms with Crippen molar-refractivity contribution in [1.29, 1.82) is 0 Å². The molecule has 0 atom stereocenters. The van der Waals surface area contributed by atoms with Crippen molar-refractivity contribution in [2.45, 2.75) is 32.7 Å². The predicted molar refractivity (Wildman–Crippen MR) is 36.2 cm³/mol. The van der Waals surface area contributed by atoms with Crippen molar-refractivity contribution in [2.24, 2.45) is 5.84 Å². The van der Waals surface area contributed by atoms with E-state index in [2.05, 4.69) is 0 Å². The molecule has 0 aromatic carbocycles. The Hall–Kier alpha value is -0.0151. The van der Waals surface area contributed by atoms with Crippen LogP contribution in [0.3, 0.4) is 0 Å². The molecule has 0 aromatic heterocycles. The zero-order valence-electron chi connectivity index (χ0n) is 5.81. The molecule has 0 fully saturated rings. The van der Waals surface area contributed by atoms with E-state index < -0.39 is 0 Å². The maximum Gasteiger partial charge on any atom is 0.207 e. The Morgan fingerprint density at radius 3 is 2.00 bits per heavy atom. The van der Waals surface area contributed by atoms with Crippen LogP contribution in [0.4, 0.5) is 0 Å². The van der Waals surface area contributed by atoms with E-state index in [4.69, 9.17) is 13.8 Å². The highest BCUT2D eigenvalue weighted by Crippen LogP contribution is 2.10. The van der Waals surface area contributed by atoms with Gasteiger partial charge in [0.25, 0.3) is 0 Å². The molecule has 0 saturated heterocycles. The van der Waals surface area contributed by atoms with Crippen LogP contribution in [0, 0.1) is 0 Å². The third-order valence-electron chi connectivity index (χ3n) is 1.56. The maximum absolute atomic E-state index is 5.29. The number of hydrazine groups is 1. The topological polar surface area (TPSA) is 29.3 Å². The van der Waals surface area contributed by atoms with E-state index in [0.29, 0.717) is 0 Å². The Morgan fingerprint density at radius 2 is 2.00 bits per heavy atom. The molecular weight excluding hydrogens is 98.9 g/mol. The highest BCUT2D eigenvalue weighted by atomic mass is 15.4. The van der Waals surface area contributed by atoms with E-state index in [1.807, 2.05) is 20.8 Å². The third-order valence-corrected chi connectivity index (χ3v) is 1.56. The Bertz CT molecular complexity index is 70.8. The second-order valence-electron chi connectivity index (χ2n) is 2.57. The number of hydrogen-bond donors (Lipinski definition) is 1. The zero-order valence-corrected chi connectivity index (χ0v) is 5.81. The molecule has 0 spiro atoms. The van der Waals surface area contributed by atoms with Crippen molar-refractivity contribution >= 4 is 7.98 Å². The molecule has 46 valence electrons. The van der Waals surface area contributed by atoms with Gasteiger partial charge in [-0.1, -0.05) is 6.92 Å². The molecule has 0 aliphatic rings. The van der Waals surface area contributed by atoms with Crippen molar-refractivity contribution in [3.8, 4) is 0 Å². The second kappa shape index (κ2) is 2.51. The molecule has 3 heteroatoms. The van der Waals surface area contributed by atoms with E-state index in [1.54, 1.807) is 0 Å². The van der Waals surface area contributed by atoms with Gasteiger partial charge in [-0.15, -0.1) is 0 Å². The highest BCUT2D eigenvalue weighted by Gasteiger charge is 2.16. The average Bonchev–Trinajstić information content (AvgIpc) is 1.67. The van der Waals surface area contributed by atoms with Crippen LogP contribution in [0.2, 0.25) is 0 Å². The van der Waals surface area contributed by atoms with Crippen LogP contribution in [-0.4, -0.2) is 18.4 Å². The first-order valence-electron chi connectivity index (χ1n) is 2.80. The number of nitrogens with two attached hydrogens (primary N) is 1. The van der Waals surface area contributed by atoms with Crippen molar-refractivity contribution in [2.75, 3.05) is 0 Å². The van der Waals surface area contributed by atoms with Crippen LogP contribution in [0.15, 0.2) is 0 Å². The fourth-order valence-corrected chi connectivity index (χ4v) is 0.183. The first-order chi connectivity index (χ1) is 3.50. The van der Waals surface area contributed by atoms with Crippen LogP contribution in [0.5, 0.6) is 0 Å². The molecule has 0 amide bonds. The van der Waals surface area contributed by atoms with Crippen molar-refractivity contribution < 1.29 is 0 Å². The molecule has 0 heterocycles. The SMILES string of the molecule is [B]N(N)C(C)(C)CC. The van der Waals surface area contributed by atoms with Crippen molar-refractivity contribution in [3.05, 3.63) is 0 Å². The summed E-state index contributed by atoms with van der Waals surface area (Å²) in [5.41, 5.74) is -0.0694. The summed E-state index contributed by atoms with van der Waals surface area (Å²) in [6, 6.07) is 0. The molecule has 0 rings (SSSR count). The van der Waals surface area contributed by atoms with E-state index in [-0.39, 0.29) is 5.54 Å². The summed E-state index contributed by atoms with van der Waals surface area (Å²) >= 11 is 0. The lowest BCUT2D eigenvalue weighted by Gasteiger charge is -2.31. The monoisotopic (exact) mass is 112 g/mol. The van der Waals surface area contributed by atoms with Crippen molar-refractivity contribution in [1.82, 2.24) is 4.92 Å². The Balaban J connectivity index is 3.71. The summed E-state index contributed by atoms with van der Waals surface area (Å²) in [6.45, 7) is 6.03. The van der Waals surface area contributed by atoms with Gasteiger partial charge in [-0.3, -0.25) is 10.8 Å². The van der Waals surface area contributed by atoms with Gasteiger partial charge >= 0.3 is 0 Å². The predicted octanol–water partition coefficient (Wildman–Crippen LogP) is 0.434. The minimum absolute atomic E-state index is 0.0694. The second-order valence-corrected chi connectivity index (χ2v) is 2.57. The van der Waals surface area contributed by atoms with Gasteiger partial charge in [0.05, 0.1) is 0 Å². The van der Waals surface area contributed by atoms with Crippen LogP contribution in [0.25, 0.3) is 0 Å². The third kappa shape index (κ3) is 1.84. The molecule has 0 saturated carbocycles. The molecule has 0 aliphatic heterocycles. The maximum atomic E-state index is 5.29. The molecule has 0 aliphatic carbocycles. The highest BCUT2D eigenvalue weighted by molar-refractivity contribution is 6.04. The lowest BCUT2D eigenvalue weighted by Crippen LogP contribution is -2.46. The normalized spacial score (nSPS) is 12.6. The van der Waals surface area contributed by atoms with Gasteiger partial charge in [0.1, 0.15) is 0 Å². The molecular formula is C5H13BN2. The Kier molecular flexibility index (Phi) is 2.50. The van der Waals surface area contributed by atoms with Gasteiger partial charge in [0.2, 0.25) is 7.98 Å². The quantitative estimate of drug-likeness (QED) is 0.319. The van der Waals surface area contributed by atoms with Gasteiger partial charge in [-0.25, -0.2) is 0 Å². The zero-order chi connectivity index (χ0) is 6.78. The van der Waals surface area contributed by atoms with Crippen LogP contribution < -0.4 is 5.84 Å². The fraction of sp³-hybridized carbons (Fsp3) is 1.00. The molecule has 0 bridgehead atoms. The lowest BCUT2D eigenvalue weighted by atomic mass is 9.98. The van der Waals surface area contributed by atoms with E-state index in [9.17, 15) is 0 Å². The summed E-state index contributed by atoms with van der Waals surface area (Å²) in [5, 5.41) is 0. The lowest BCUT2D eigenvalue weighted by molar-refractivity contribution is 0.233. The van der Waals surface area contributed by atoms with Gasteiger partial charge < -0.3 is 0 Å². The minimum Gasteiger partial charge on any atom is -0.295 e. The van der Waals surface area contributed by atoms with Gasteiger partial charge in [0.15, 0.2) is 0 Å². The van der Waals surface area contributed by atoms with E-state index >= 15 is 0 Å².